The van der Waals surface area contributed by atoms with Crippen LogP contribution in [0.25, 0.3) is 0 Å². The number of carbonyl (C=O) groups is 1. The fraction of sp³-hybridized carbons (Fsp3) is 0.923. The van der Waals surface area contributed by atoms with Crippen LogP contribution < -0.4 is 11.1 Å². The van der Waals surface area contributed by atoms with E-state index in [1.165, 1.54) is 32.1 Å². The van der Waals surface area contributed by atoms with Gasteiger partial charge in [-0.05, 0) is 18.8 Å². The topological polar surface area (TPSA) is 64.4 Å². The van der Waals surface area contributed by atoms with Crippen LogP contribution in [-0.2, 0) is 9.53 Å². The summed E-state index contributed by atoms with van der Waals surface area (Å²) in [6, 6.07) is -0.154. The van der Waals surface area contributed by atoms with Crippen molar-refractivity contribution in [1.29, 1.82) is 0 Å². The number of hydrogen-bond acceptors (Lipinski definition) is 3. The fourth-order valence-electron chi connectivity index (χ4n) is 2.85. The maximum Gasteiger partial charge on any atom is 0.237 e. The van der Waals surface area contributed by atoms with Crippen molar-refractivity contribution in [2.45, 2.75) is 57.0 Å². The molecule has 0 aromatic rings. The number of carbonyl (C=O) groups excluding carboxylic acids is 1. The molecule has 2 fully saturated rings. The normalized spacial score (nSPS) is 27.9. The van der Waals surface area contributed by atoms with Crippen LogP contribution in [0.5, 0.6) is 0 Å². The van der Waals surface area contributed by atoms with Gasteiger partial charge < -0.3 is 15.8 Å². The summed E-state index contributed by atoms with van der Waals surface area (Å²) >= 11 is 0. The van der Waals surface area contributed by atoms with E-state index in [4.69, 9.17) is 10.5 Å². The first-order chi connectivity index (χ1) is 8.25. The van der Waals surface area contributed by atoms with Crippen molar-refractivity contribution < 1.29 is 9.53 Å². The minimum Gasteiger partial charge on any atom is -0.379 e. The first kappa shape index (κ1) is 12.8. The summed E-state index contributed by atoms with van der Waals surface area (Å²) in [6.45, 7) is 1.39. The molecule has 1 saturated carbocycles. The lowest BCUT2D eigenvalue weighted by molar-refractivity contribution is -0.123. The van der Waals surface area contributed by atoms with E-state index in [9.17, 15) is 4.79 Å². The van der Waals surface area contributed by atoms with Gasteiger partial charge >= 0.3 is 0 Å². The van der Waals surface area contributed by atoms with E-state index < -0.39 is 0 Å². The van der Waals surface area contributed by atoms with E-state index >= 15 is 0 Å². The molecule has 1 saturated heterocycles. The quantitative estimate of drug-likeness (QED) is 0.776. The zero-order chi connectivity index (χ0) is 12.1. The SMILES string of the molecule is NC(CC1CCCCC1)C(=O)NC1CCOC1. The van der Waals surface area contributed by atoms with Crippen LogP contribution in [-0.4, -0.2) is 31.2 Å². The minimum absolute atomic E-state index is 0.00562. The Labute approximate surface area is 103 Å². The van der Waals surface area contributed by atoms with Gasteiger partial charge in [0.25, 0.3) is 0 Å². The molecule has 17 heavy (non-hydrogen) atoms. The molecule has 1 heterocycles. The zero-order valence-corrected chi connectivity index (χ0v) is 10.5. The molecule has 2 unspecified atom stereocenters. The smallest absolute Gasteiger partial charge is 0.237 e. The van der Waals surface area contributed by atoms with Crippen LogP contribution in [0.4, 0.5) is 0 Å². The fourth-order valence-corrected chi connectivity index (χ4v) is 2.85. The van der Waals surface area contributed by atoms with Crippen LogP contribution in [0.1, 0.15) is 44.9 Å². The van der Waals surface area contributed by atoms with Crippen molar-refractivity contribution in [1.82, 2.24) is 5.32 Å². The van der Waals surface area contributed by atoms with Gasteiger partial charge in [-0.3, -0.25) is 4.79 Å². The van der Waals surface area contributed by atoms with Crippen molar-refractivity contribution in [2.24, 2.45) is 11.7 Å². The Kier molecular flexibility index (Phi) is 4.80. The largest absolute Gasteiger partial charge is 0.379 e. The van der Waals surface area contributed by atoms with Crippen LogP contribution >= 0.6 is 0 Å². The predicted octanol–water partition coefficient (Wildman–Crippen LogP) is 1.19. The molecule has 4 heteroatoms. The van der Waals surface area contributed by atoms with Crippen LogP contribution in [0.2, 0.25) is 0 Å². The Morgan fingerprint density at radius 2 is 2.06 bits per heavy atom. The van der Waals surface area contributed by atoms with Gasteiger partial charge in [0.05, 0.1) is 18.7 Å². The molecule has 3 N–H and O–H groups in total. The summed E-state index contributed by atoms with van der Waals surface area (Å²) in [6.07, 6.45) is 8.20. The molecule has 0 bridgehead atoms. The first-order valence-electron chi connectivity index (χ1n) is 6.89. The molecule has 0 aromatic heterocycles. The lowest BCUT2D eigenvalue weighted by Crippen LogP contribution is -2.46. The standard InChI is InChI=1S/C13H24N2O2/c14-12(8-10-4-2-1-3-5-10)13(16)15-11-6-7-17-9-11/h10-12H,1-9,14H2,(H,15,16). The maximum absolute atomic E-state index is 11.9. The lowest BCUT2D eigenvalue weighted by atomic mass is 9.85. The number of ether oxygens (including phenoxy) is 1. The Balaban J connectivity index is 1.70. The van der Waals surface area contributed by atoms with Crippen LogP contribution in [0, 0.1) is 5.92 Å². The monoisotopic (exact) mass is 240 g/mol. The summed E-state index contributed by atoms with van der Waals surface area (Å²) in [5.74, 6) is 0.662. The molecule has 1 aliphatic heterocycles. The number of rotatable bonds is 4. The second-order valence-corrected chi connectivity index (χ2v) is 5.42. The Morgan fingerprint density at radius 3 is 2.71 bits per heavy atom. The number of nitrogens with one attached hydrogen (secondary N) is 1. The van der Waals surface area contributed by atoms with Gasteiger partial charge in [-0.15, -0.1) is 0 Å². The lowest BCUT2D eigenvalue weighted by Gasteiger charge is -2.24. The molecule has 1 amide bonds. The maximum atomic E-state index is 11.9. The van der Waals surface area contributed by atoms with Crippen molar-refractivity contribution >= 4 is 5.91 Å². The van der Waals surface area contributed by atoms with E-state index in [1.807, 2.05) is 0 Å². The highest BCUT2D eigenvalue weighted by Crippen LogP contribution is 2.26. The van der Waals surface area contributed by atoms with Crippen LogP contribution in [0.3, 0.4) is 0 Å². The van der Waals surface area contributed by atoms with Gasteiger partial charge in [-0.1, -0.05) is 32.1 Å². The third-order valence-corrected chi connectivity index (χ3v) is 3.92. The molecule has 0 radical (unpaired) electrons. The van der Waals surface area contributed by atoms with Gasteiger partial charge in [0.2, 0.25) is 5.91 Å². The average Bonchev–Trinajstić information content (AvgIpc) is 2.83. The second-order valence-electron chi connectivity index (χ2n) is 5.42. The number of nitrogens with two attached hydrogens (primary N) is 1. The summed E-state index contributed by atoms with van der Waals surface area (Å²) in [7, 11) is 0. The summed E-state index contributed by atoms with van der Waals surface area (Å²) in [5, 5.41) is 2.98. The Morgan fingerprint density at radius 1 is 1.29 bits per heavy atom. The molecule has 1 aliphatic carbocycles. The van der Waals surface area contributed by atoms with Gasteiger partial charge in [0.15, 0.2) is 0 Å². The van der Waals surface area contributed by atoms with Gasteiger partial charge in [0, 0.05) is 6.61 Å². The molecule has 4 nitrogen and oxygen atoms in total. The molecular formula is C13H24N2O2. The van der Waals surface area contributed by atoms with Crippen molar-refractivity contribution in [3.8, 4) is 0 Å². The van der Waals surface area contributed by atoms with E-state index in [0.29, 0.717) is 12.5 Å². The Hall–Kier alpha value is -0.610. The highest BCUT2D eigenvalue weighted by atomic mass is 16.5. The van der Waals surface area contributed by atoms with Crippen molar-refractivity contribution in [3.63, 3.8) is 0 Å². The first-order valence-corrected chi connectivity index (χ1v) is 6.89. The van der Waals surface area contributed by atoms with E-state index in [2.05, 4.69) is 5.32 Å². The third kappa shape index (κ3) is 3.96. The van der Waals surface area contributed by atoms with Crippen molar-refractivity contribution in [2.75, 3.05) is 13.2 Å². The predicted molar refractivity (Wildman–Crippen MR) is 66.5 cm³/mol. The molecule has 0 aromatic carbocycles. The van der Waals surface area contributed by atoms with E-state index in [1.54, 1.807) is 0 Å². The highest BCUT2D eigenvalue weighted by molar-refractivity contribution is 5.81. The Bertz CT molecular complexity index is 246. The number of hydrogen-bond donors (Lipinski definition) is 2. The van der Waals surface area contributed by atoms with E-state index in [0.717, 1.165) is 19.4 Å². The second kappa shape index (κ2) is 6.36. The summed E-state index contributed by atoms with van der Waals surface area (Å²) < 4.78 is 5.23. The highest BCUT2D eigenvalue weighted by Gasteiger charge is 2.24. The zero-order valence-electron chi connectivity index (χ0n) is 10.5. The van der Waals surface area contributed by atoms with Gasteiger partial charge in [-0.2, -0.15) is 0 Å². The third-order valence-electron chi connectivity index (χ3n) is 3.92. The molecule has 2 atom stereocenters. The average molecular weight is 240 g/mol. The molecule has 2 rings (SSSR count). The molecular weight excluding hydrogens is 216 g/mol. The minimum atomic E-state index is -0.335. The number of amides is 1. The molecule has 98 valence electrons. The summed E-state index contributed by atoms with van der Waals surface area (Å²) in [4.78, 5) is 11.9. The summed E-state index contributed by atoms with van der Waals surface area (Å²) in [5.41, 5.74) is 5.97. The van der Waals surface area contributed by atoms with Gasteiger partial charge in [-0.25, -0.2) is 0 Å². The van der Waals surface area contributed by atoms with E-state index in [-0.39, 0.29) is 18.0 Å². The van der Waals surface area contributed by atoms with Gasteiger partial charge in [0.1, 0.15) is 0 Å². The van der Waals surface area contributed by atoms with Crippen molar-refractivity contribution in [3.05, 3.63) is 0 Å². The van der Waals surface area contributed by atoms with Crippen LogP contribution in [0.15, 0.2) is 0 Å². The molecule has 2 aliphatic rings. The molecule has 0 spiro atoms.